The molecule has 146 valence electrons. The van der Waals surface area contributed by atoms with E-state index in [4.69, 9.17) is 0 Å². The van der Waals surface area contributed by atoms with Gasteiger partial charge in [-0.3, -0.25) is 0 Å². The highest BCUT2D eigenvalue weighted by Crippen LogP contribution is 2.21. The maximum Gasteiger partial charge on any atom is 0.254 e. The van der Waals surface area contributed by atoms with Crippen molar-refractivity contribution in [3.63, 3.8) is 0 Å². The fourth-order valence-electron chi connectivity index (χ4n) is 2.63. The summed E-state index contributed by atoms with van der Waals surface area (Å²) in [5, 5.41) is 19.8. The second-order valence-electron chi connectivity index (χ2n) is 6.26. The smallest absolute Gasteiger partial charge is 0.254 e. The molecule has 0 aliphatic carbocycles. The van der Waals surface area contributed by atoms with Gasteiger partial charge in [-0.2, -0.15) is 15.0 Å². The van der Waals surface area contributed by atoms with E-state index in [1.165, 1.54) is 12.4 Å². The van der Waals surface area contributed by atoms with Gasteiger partial charge in [0, 0.05) is 29.1 Å². The van der Waals surface area contributed by atoms with Gasteiger partial charge >= 0.3 is 0 Å². The lowest BCUT2D eigenvalue weighted by atomic mass is 10.2. The van der Waals surface area contributed by atoms with Crippen molar-refractivity contribution in [1.82, 2.24) is 15.0 Å². The fraction of sp³-hybridized carbons (Fsp3) is 0. The van der Waals surface area contributed by atoms with E-state index in [-0.39, 0.29) is 23.4 Å². The molecule has 30 heavy (non-hydrogen) atoms. The maximum absolute atomic E-state index is 9.92. The number of aromatic hydroxyl groups is 2. The van der Waals surface area contributed by atoms with Crippen LogP contribution in [0.1, 0.15) is 11.1 Å². The second kappa shape index (κ2) is 8.74. The standard InChI is InChI=1S/C23H17N5O2/c29-19-12-6-4-10-17(19)14-24-22-26-21(16-8-2-1-3-9-16)27-23(28-22)25-15-18-11-5-7-13-20(18)30/h1-15,29-30H. The quantitative estimate of drug-likeness (QED) is 0.486. The first-order valence-electron chi connectivity index (χ1n) is 9.15. The molecule has 0 bridgehead atoms. The van der Waals surface area contributed by atoms with Crippen molar-refractivity contribution in [3.8, 4) is 22.9 Å². The molecule has 0 fully saturated rings. The van der Waals surface area contributed by atoms with Gasteiger partial charge in [-0.25, -0.2) is 9.98 Å². The van der Waals surface area contributed by atoms with Crippen molar-refractivity contribution in [3.05, 3.63) is 90.0 Å². The predicted octanol–water partition coefficient (Wildman–Crippen LogP) is 4.45. The molecule has 7 heteroatoms. The van der Waals surface area contributed by atoms with E-state index in [1.807, 2.05) is 30.3 Å². The molecule has 0 unspecified atom stereocenters. The van der Waals surface area contributed by atoms with E-state index >= 15 is 0 Å². The summed E-state index contributed by atoms with van der Waals surface area (Å²) < 4.78 is 0. The molecule has 7 nitrogen and oxygen atoms in total. The molecule has 4 rings (SSSR count). The largest absolute Gasteiger partial charge is 0.507 e. The Labute approximate surface area is 172 Å². The molecule has 0 spiro atoms. The average molecular weight is 395 g/mol. The molecule has 0 aliphatic rings. The molecular weight excluding hydrogens is 378 g/mol. The molecule has 1 heterocycles. The van der Waals surface area contributed by atoms with E-state index in [0.717, 1.165) is 5.56 Å². The Hall–Kier alpha value is -4.39. The Morgan fingerprint density at radius 2 is 1.03 bits per heavy atom. The Balaban J connectivity index is 1.73. The summed E-state index contributed by atoms with van der Waals surface area (Å²) in [4.78, 5) is 21.6. The number of hydrogen-bond donors (Lipinski definition) is 2. The zero-order chi connectivity index (χ0) is 20.8. The number of para-hydroxylation sites is 2. The number of phenolic OH excluding ortho intramolecular Hbond substituents is 2. The van der Waals surface area contributed by atoms with Gasteiger partial charge in [0.1, 0.15) is 11.5 Å². The lowest BCUT2D eigenvalue weighted by molar-refractivity contribution is 0.474. The molecule has 0 saturated carbocycles. The van der Waals surface area contributed by atoms with Crippen molar-refractivity contribution >= 4 is 24.3 Å². The van der Waals surface area contributed by atoms with Crippen LogP contribution in [0.2, 0.25) is 0 Å². The summed E-state index contributed by atoms with van der Waals surface area (Å²) in [6.45, 7) is 0. The normalized spacial score (nSPS) is 11.3. The number of hydrogen-bond acceptors (Lipinski definition) is 7. The minimum absolute atomic E-state index is 0.108. The van der Waals surface area contributed by atoms with Gasteiger partial charge < -0.3 is 10.2 Å². The van der Waals surface area contributed by atoms with Crippen LogP contribution < -0.4 is 0 Å². The van der Waals surface area contributed by atoms with Crippen LogP contribution in [0.3, 0.4) is 0 Å². The summed E-state index contributed by atoms with van der Waals surface area (Å²) >= 11 is 0. The van der Waals surface area contributed by atoms with Gasteiger partial charge in [-0.1, -0.05) is 54.6 Å². The number of nitrogens with zero attached hydrogens (tertiary/aromatic N) is 5. The molecule has 0 radical (unpaired) electrons. The van der Waals surface area contributed by atoms with Gasteiger partial charge in [0.15, 0.2) is 5.82 Å². The van der Waals surface area contributed by atoms with E-state index in [9.17, 15) is 10.2 Å². The Bertz CT molecular complexity index is 1150. The lowest BCUT2D eigenvalue weighted by Gasteiger charge is -2.03. The van der Waals surface area contributed by atoms with Crippen LogP contribution in [0.4, 0.5) is 11.9 Å². The zero-order valence-corrected chi connectivity index (χ0v) is 15.8. The number of benzene rings is 3. The summed E-state index contributed by atoms with van der Waals surface area (Å²) in [5.74, 6) is 0.931. The van der Waals surface area contributed by atoms with Gasteiger partial charge in [-0.05, 0) is 24.3 Å². The summed E-state index contributed by atoms with van der Waals surface area (Å²) in [6.07, 6.45) is 2.96. The monoisotopic (exact) mass is 395 g/mol. The number of aromatic nitrogens is 3. The van der Waals surface area contributed by atoms with E-state index < -0.39 is 0 Å². The highest BCUT2D eigenvalue weighted by molar-refractivity contribution is 5.85. The lowest BCUT2D eigenvalue weighted by Crippen LogP contribution is -1.94. The molecule has 4 aromatic rings. The first-order chi connectivity index (χ1) is 14.7. The van der Waals surface area contributed by atoms with Gasteiger partial charge in [0.2, 0.25) is 0 Å². The van der Waals surface area contributed by atoms with Crippen LogP contribution in [0, 0.1) is 0 Å². The van der Waals surface area contributed by atoms with Gasteiger partial charge in [0.25, 0.3) is 11.9 Å². The van der Waals surface area contributed by atoms with E-state index in [2.05, 4.69) is 24.9 Å². The SMILES string of the molecule is Oc1ccccc1C=Nc1nc(N=Cc2ccccc2O)nc(-c2ccccc2)n1. The molecule has 0 saturated heterocycles. The Morgan fingerprint density at radius 3 is 1.53 bits per heavy atom. The third kappa shape index (κ3) is 4.53. The van der Waals surface area contributed by atoms with Crippen LogP contribution >= 0.6 is 0 Å². The first kappa shape index (κ1) is 18.9. The number of phenols is 2. The van der Waals surface area contributed by atoms with E-state index in [0.29, 0.717) is 17.0 Å². The third-order valence-corrected chi connectivity index (χ3v) is 4.16. The molecule has 0 atom stereocenters. The molecule has 3 aromatic carbocycles. The van der Waals surface area contributed by atoms with Crippen LogP contribution in [0.15, 0.2) is 88.8 Å². The average Bonchev–Trinajstić information content (AvgIpc) is 2.78. The summed E-state index contributed by atoms with van der Waals surface area (Å²) in [5.41, 5.74) is 1.87. The first-order valence-corrected chi connectivity index (χ1v) is 9.15. The number of rotatable bonds is 5. The van der Waals surface area contributed by atoms with E-state index in [1.54, 1.807) is 48.5 Å². The van der Waals surface area contributed by atoms with Crippen molar-refractivity contribution in [2.45, 2.75) is 0 Å². The van der Waals surface area contributed by atoms with Crippen LogP contribution in [-0.4, -0.2) is 37.6 Å². The van der Waals surface area contributed by atoms with Crippen molar-refractivity contribution in [2.75, 3.05) is 0 Å². The third-order valence-electron chi connectivity index (χ3n) is 4.16. The second-order valence-corrected chi connectivity index (χ2v) is 6.26. The highest BCUT2D eigenvalue weighted by Gasteiger charge is 2.08. The number of aliphatic imine (C=N–C) groups is 2. The maximum atomic E-state index is 9.92. The van der Waals surface area contributed by atoms with Crippen molar-refractivity contribution in [1.29, 1.82) is 0 Å². The fourth-order valence-corrected chi connectivity index (χ4v) is 2.63. The molecular formula is C23H17N5O2. The predicted molar refractivity (Wildman–Crippen MR) is 116 cm³/mol. The van der Waals surface area contributed by atoms with Crippen LogP contribution in [-0.2, 0) is 0 Å². The van der Waals surface area contributed by atoms with Crippen LogP contribution in [0.5, 0.6) is 11.5 Å². The molecule has 0 aliphatic heterocycles. The minimum atomic E-state index is 0.108. The Morgan fingerprint density at radius 1 is 0.567 bits per heavy atom. The van der Waals surface area contributed by atoms with Gasteiger partial charge in [0.05, 0.1) is 0 Å². The minimum Gasteiger partial charge on any atom is -0.507 e. The van der Waals surface area contributed by atoms with Crippen LogP contribution in [0.25, 0.3) is 11.4 Å². The Kier molecular flexibility index (Phi) is 5.52. The molecule has 0 amide bonds. The summed E-state index contributed by atoms with van der Waals surface area (Å²) in [6, 6.07) is 23.1. The van der Waals surface area contributed by atoms with Gasteiger partial charge in [-0.15, -0.1) is 0 Å². The molecule has 2 N–H and O–H groups in total. The topological polar surface area (TPSA) is 104 Å². The molecule has 1 aromatic heterocycles. The van der Waals surface area contributed by atoms with Crippen molar-refractivity contribution < 1.29 is 10.2 Å². The summed E-state index contributed by atoms with van der Waals surface area (Å²) in [7, 11) is 0. The van der Waals surface area contributed by atoms with Crippen molar-refractivity contribution in [2.24, 2.45) is 9.98 Å². The zero-order valence-electron chi connectivity index (χ0n) is 15.8. The highest BCUT2D eigenvalue weighted by atomic mass is 16.3.